The predicted octanol–water partition coefficient (Wildman–Crippen LogP) is 1.07. The van der Waals surface area contributed by atoms with Gasteiger partial charge in [0.25, 0.3) is 0 Å². The molecule has 0 bridgehead atoms. The molecule has 0 amide bonds. The summed E-state index contributed by atoms with van der Waals surface area (Å²) in [7, 11) is 2.61. The minimum absolute atomic E-state index is 0.0719. The van der Waals surface area contributed by atoms with Crippen LogP contribution in [0.2, 0.25) is 0 Å². The molecule has 1 saturated carbocycles. The van der Waals surface area contributed by atoms with Crippen molar-refractivity contribution < 1.29 is 23.8 Å². The van der Waals surface area contributed by atoms with Crippen molar-refractivity contribution in [3.8, 4) is 0 Å². The molecule has 1 aliphatic heterocycles. The zero-order chi connectivity index (χ0) is 13.7. The molecule has 1 spiro atoms. The maximum absolute atomic E-state index is 12.3. The molecule has 3 atom stereocenters. The van der Waals surface area contributed by atoms with Gasteiger partial charge in [0.2, 0.25) is 0 Å². The van der Waals surface area contributed by atoms with Crippen LogP contribution in [-0.2, 0) is 23.8 Å². The molecular formula is C14H18O5. The number of esters is 2. The Kier molecular flexibility index (Phi) is 2.71. The number of rotatable bonds is 2. The molecule has 3 rings (SSSR count). The first-order chi connectivity index (χ1) is 9.14. The fourth-order valence-corrected chi connectivity index (χ4v) is 4.37. The van der Waals surface area contributed by atoms with E-state index in [0.29, 0.717) is 13.0 Å². The van der Waals surface area contributed by atoms with Crippen LogP contribution >= 0.6 is 0 Å². The molecule has 1 saturated heterocycles. The highest BCUT2D eigenvalue weighted by Gasteiger charge is 2.80. The SMILES string of the molecule is COC(=O)C1(C(=O)OC)[C@H]2CC=CC[C@]23CCO[C@@H]13. The number of hydrogen-bond acceptors (Lipinski definition) is 5. The van der Waals surface area contributed by atoms with Crippen molar-refractivity contribution in [2.45, 2.75) is 25.4 Å². The lowest BCUT2D eigenvalue weighted by atomic mass is 9.40. The van der Waals surface area contributed by atoms with E-state index in [2.05, 4.69) is 6.08 Å². The Morgan fingerprint density at radius 2 is 1.89 bits per heavy atom. The van der Waals surface area contributed by atoms with E-state index in [-0.39, 0.29) is 11.3 Å². The second kappa shape index (κ2) is 4.07. The summed E-state index contributed by atoms with van der Waals surface area (Å²) in [5.74, 6) is -1.12. The Morgan fingerprint density at radius 3 is 2.53 bits per heavy atom. The van der Waals surface area contributed by atoms with Crippen molar-refractivity contribution in [2.24, 2.45) is 16.7 Å². The molecule has 2 aliphatic carbocycles. The summed E-state index contributed by atoms with van der Waals surface area (Å²) in [5, 5.41) is 0. The van der Waals surface area contributed by atoms with Crippen molar-refractivity contribution in [2.75, 3.05) is 20.8 Å². The third-order valence-electron chi connectivity index (χ3n) is 5.11. The van der Waals surface area contributed by atoms with E-state index < -0.39 is 23.5 Å². The zero-order valence-electron chi connectivity index (χ0n) is 11.2. The van der Waals surface area contributed by atoms with Gasteiger partial charge in [-0.25, -0.2) is 0 Å². The van der Waals surface area contributed by atoms with Gasteiger partial charge in [-0.2, -0.15) is 0 Å². The molecule has 5 heteroatoms. The summed E-state index contributed by atoms with van der Waals surface area (Å²) < 4.78 is 15.5. The van der Waals surface area contributed by atoms with Crippen LogP contribution in [0.5, 0.6) is 0 Å². The van der Waals surface area contributed by atoms with Crippen LogP contribution in [0.1, 0.15) is 19.3 Å². The summed E-state index contributed by atoms with van der Waals surface area (Å²) in [6.07, 6.45) is 6.20. The standard InChI is InChI=1S/C14H18O5/c1-17-11(15)14(12(16)18-2)9-5-3-4-6-13(9)7-8-19-10(13)14/h3-4,9-10H,5-8H2,1-2H3/t9-,10+,13-/m0/s1. The quantitative estimate of drug-likeness (QED) is 0.425. The van der Waals surface area contributed by atoms with Gasteiger partial charge in [-0.3, -0.25) is 9.59 Å². The van der Waals surface area contributed by atoms with E-state index in [9.17, 15) is 9.59 Å². The Bertz CT molecular complexity index is 439. The second-order valence-corrected chi connectivity index (χ2v) is 5.55. The molecule has 0 unspecified atom stereocenters. The molecule has 2 fully saturated rings. The van der Waals surface area contributed by atoms with Crippen LogP contribution < -0.4 is 0 Å². The average Bonchev–Trinajstić information content (AvgIpc) is 2.77. The normalized spacial score (nSPS) is 37.8. The molecule has 5 nitrogen and oxygen atoms in total. The van der Waals surface area contributed by atoms with Gasteiger partial charge >= 0.3 is 11.9 Å². The van der Waals surface area contributed by atoms with Crippen LogP contribution in [0.25, 0.3) is 0 Å². The smallest absolute Gasteiger partial charge is 0.326 e. The number of allylic oxidation sites excluding steroid dienone is 2. The molecule has 0 aromatic rings. The summed E-state index contributed by atoms with van der Waals surface area (Å²) >= 11 is 0. The van der Waals surface area contributed by atoms with E-state index >= 15 is 0 Å². The lowest BCUT2D eigenvalue weighted by molar-refractivity contribution is -0.240. The van der Waals surface area contributed by atoms with E-state index in [0.717, 1.165) is 12.8 Å². The van der Waals surface area contributed by atoms with Crippen LogP contribution in [-0.4, -0.2) is 38.9 Å². The maximum atomic E-state index is 12.3. The zero-order valence-corrected chi connectivity index (χ0v) is 11.2. The van der Waals surface area contributed by atoms with Crippen molar-refractivity contribution in [1.29, 1.82) is 0 Å². The van der Waals surface area contributed by atoms with Crippen LogP contribution in [0, 0.1) is 16.7 Å². The topological polar surface area (TPSA) is 61.8 Å². The van der Waals surface area contributed by atoms with Crippen LogP contribution in [0.15, 0.2) is 12.2 Å². The summed E-state index contributed by atoms with van der Waals surface area (Å²) in [6, 6.07) is 0. The lowest BCUT2D eigenvalue weighted by Crippen LogP contribution is -2.73. The molecule has 0 radical (unpaired) electrons. The van der Waals surface area contributed by atoms with Gasteiger partial charge in [0.1, 0.15) is 0 Å². The van der Waals surface area contributed by atoms with Crippen molar-refractivity contribution in [3.63, 3.8) is 0 Å². The fraction of sp³-hybridized carbons (Fsp3) is 0.714. The predicted molar refractivity (Wildman–Crippen MR) is 65.1 cm³/mol. The Hall–Kier alpha value is -1.36. The van der Waals surface area contributed by atoms with Crippen molar-refractivity contribution >= 4 is 11.9 Å². The highest BCUT2D eigenvalue weighted by molar-refractivity contribution is 6.03. The van der Waals surface area contributed by atoms with Gasteiger partial charge in [-0.15, -0.1) is 0 Å². The van der Waals surface area contributed by atoms with E-state index in [1.54, 1.807) is 0 Å². The monoisotopic (exact) mass is 266 g/mol. The van der Waals surface area contributed by atoms with E-state index in [4.69, 9.17) is 14.2 Å². The maximum Gasteiger partial charge on any atom is 0.326 e. The number of hydrogen-bond donors (Lipinski definition) is 0. The number of ether oxygens (including phenoxy) is 3. The van der Waals surface area contributed by atoms with Crippen LogP contribution in [0.3, 0.4) is 0 Å². The molecule has 104 valence electrons. The highest BCUT2D eigenvalue weighted by Crippen LogP contribution is 2.70. The minimum Gasteiger partial charge on any atom is -0.468 e. The van der Waals surface area contributed by atoms with E-state index in [1.165, 1.54) is 14.2 Å². The summed E-state index contributed by atoms with van der Waals surface area (Å²) in [6.45, 7) is 0.588. The van der Waals surface area contributed by atoms with E-state index in [1.807, 2.05) is 6.08 Å². The molecule has 0 aromatic heterocycles. The van der Waals surface area contributed by atoms with Crippen LogP contribution in [0.4, 0.5) is 0 Å². The first kappa shape index (κ1) is 12.7. The van der Waals surface area contributed by atoms with Crippen molar-refractivity contribution in [1.82, 2.24) is 0 Å². The largest absolute Gasteiger partial charge is 0.468 e. The minimum atomic E-state index is -1.27. The number of methoxy groups -OCH3 is 2. The van der Waals surface area contributed by atoms with Gasteiger partial charge in [-0.05, 0) is 19.3 Å². The van der Waals surface area contributed by atoms with Gasteiger partial charge in [0.15, 0.2) is 5.41 Å². The molecular weight excluding hydrogens is 248 g/mol. The van der Waals surface area contributed by atoms with Gasteiger partial charge in [-0.1, -0.05) is 12.2 Å². The third-order valence-corrected chi connectivity index (χ3v) is 5.11. The Labute approximate surface area is 111 Å². The lowest BCUT2D eigenvalue weighted by Gasteiger charge is -2.62. The van der Waals surface area contributed by atoms with Gasteiger partial charge in [0, 0.05) is 17.9 Å². The van der Waals surface area contributed by atoms with Gasteiger partial charge in [0.05, 0.1) is 20.3 Å². The number of carbonyl (C=O) groups is 2. The fourth-order valence-electron chi connectivity index (χ4n) is 4.37. The molecule has 3 aliphatic rings. The highest BCUT2D eigenvalue weighted by atomic mass is 16.6. The first-order valence-electron chi connectivity index (χ1n) is 6.58. The second-order valence-electron chi connectivity index (χ2n) is 5.55. The van der Waals surface area contributed by atoms with Crippen molar-refractivity contribution in [3.05, 3.63) is 12.2 Å². The molecule has 0 aromatic carbocycles. The molecule has 1 heterocycles. The Morgan fingerprint density at radius 1 is 1.21 bits per heavy atom. The summed E-state index contributed by atoms with van der Waals surface area (Å²) in [5.41, 5.74) is -1.36. The molecule has 0 N–H and O–H groups in total. The first-order valence-corrected chi connectivity index (χ1v) is 6.58. The Balaban J connectivity index is 2.08. The number of carbonyl (C=O) groups excluding carboxylic acids is 2. The average molecular weight is 266 g/mol. The third kappa shape index (κ3) is 1.24. The molecule has 19 heavy (non-hydrogen) atoms. The van der Waals surface area contributed by atoms with Gasteiger partial charge < -0.3 is 14.2 Å². The summed E-state index contributed by atoms with van der Waals surface area (Å²) in [4.78, 5) is 24.6.